The lowest BCUT2D eigenvalue weighted by atomic mass is 10.1. The van der Waals surface area contributed by atoms with Crippen LogP contribution in [0.4, 0.5) is 11.4 Å². The van der Waals surface area contributed by atoms with E-state index in [0.717, 1.165) is 5.56 Å². The highest BCUT2D eigenvalue weighted by Gasteiger charge is 2.00. The lowest BCUT2D eigenvalue weighted by Crippen LogP contribution is -1.95. The van der Waals surface area contributed by atoms with Crippen LogP contribution in [0.2, 0.25) is 0 Å². The van der Waals surface area contributed by atoms with Crippen LogP contribution in [0, 0.1) is 0 Å². The summed E-state index contributed by atoms with van der Waals surface area (Å²) in [5.74, 6) is -0.0492. The summed E-state index contributed by atoms with van der Waals surface area (Å²) in [7, 11) is 0. The van der Waals surface area contributed by atoms with E-state index in [9.17, 15) is 4.79 Å². The summed E-state index contributed by atoms with van der Waals surface area (Å²) in [4.78, 5) is 11.8. The van der Waals surface area contributed by atoms with Gasteiger partial charge in [0.25, 0.3) is 0 Å². The van der Waals surface area contributed by atoms with Crippen LogP contribution >= 0.6 is 0 Å². The van der Waals surface area contributed by atoms with Crippen molar-refractivity contribution >= 4 is 23.2 Å². The molecule has 0 saturated heterocycles. The number of carbonyl (C=O) groups is 1. The van der Waals surface area contributed by atoms with E-state index in [1.54, 1.807) is 36.4 Å². The maximum atomic E-state index is 11.8. The minimum absolute atomic E-state index is 0.0492. The minimum Gasteiger partial charge on any atom is -0.399 e. The Balaban J connectivity index is 2.19. The third-order valence-corrected chi connectivity index (χ3v) is 2.58. The topological polar surface area (TPSA) is 69.1 Å². The molecule has 3 heteroatoms. The number of nitrogen functional groups attached to an aromatic ring is 2. The van der Waals surface area contributed by atoms with Gasteiger partial charge in [0, 0.05) is 16.9 Å². The molecule has 0 fully saturated rings. The second-order valence-corrected chi connectivity index (χ2v) is 3.95. The Bertz CT molecular complexity index is 589. The maximum Gasteiger partial charge on any atom is 0.185 e. The van der Waals surface area contributed by atoms with Gasteiger partial charge in [0.15, 0.2) is 5.78 Å². The fourth-order valence-corrected chi connectivity index (χ4v) is 1.61. The predicted octanol–water partition coefficient (Wildman–Crippen LogP) is 2.75. The van der Waals surface area contributed by atoms with E-state index in [1.807, 2.05) is 18.2 Å². The fraction of sp³-hybridized carbons (Fsp3) is 0. The normalized spacial score (nSPS) is 10.7. The molecule has 2 rings (SSSR count). The molecule has 0 bridgehead atoms. The zero-order valence-corrected chi connectivity index (χ0v) is 9.84. The van der Waals surface area contributed by atoms with Crippen LogP contribution < -0.4 is 11.5 Å². The van der Waals surface area contributed by atoms with Crippen molar-refractivity contribution in [3.63, 3.8) is 0 Å². The van der Waals surface area contributed by atoms with Crippen molar-refractivity contribution in [3.8, 4) is 0 Å². The number of hydrogen-bond donors (Lipinski definition) is 2. The van der Waals surface area contributed by atoms with Crippen LogP contribution in [0.25, 0.3) is 6.08 Å². The van der Waals surface area contributed by atoms with Crippen molar-refractivity contribution in [2.45, 2.75) is 0 Å². The zero-order valence-electron chi connectivity index (χ0n) is 9.84. The molecule has 0 amide bonds. The molecule has 2 aromatic carbocycles. The van der Waals surface area contributed by atoms with Crippen molar-refractivity contribution < 1.29 is 4.79 Å². The number of nitrogens with two attached hydrogens (primary N) is 2. The highest BCUT2D eigenvalue weighted by atomic mass is 16.1. The number of benzene rings is 2. The van der Waals surface area contributed by atoms with E-state index in [-0.39, 0.29) is 5.78 Å². The van der Waals surface area contributed by atoms with Gasteiger partial charge in [0.05, 0.1) is 0 Å². The average molecular weight is 238 g/mol. The molecule has 0 heterocycles. The second kappa shape index (κ2) is 5.19. The van der Waals surface area contributed by atoms with Crippen LogP contribution in [0.5, 0.6) is 0 Å². The van der Waals surface area contributed by atoms with Crippen LogP contribution in [0.15, 0.2) is 54.6 Å². The van der Waals surface area contributed by atoms with E-state index in [0.29, 0.717) is 16.9 Å². The molecule has 3 nitrogen and oxygen atoms in total. The second-order valence-electron chi connectivity index (χ2n) is 3.95. The van der Waals surface area contributed by atoms with Gasteiger partial charge < -0.3 is 11.5 Å². The Labute approximate surface area is 106 Å². The quantitative estimate of drug-likeness (QED) is 0.490. The molecule has 18 heavy (non-hydrogen) atoms. The number of rotatable bonds is 3. The number of ketones is 1. The van der Waals surface area contributed by atoms with Gasteiger partial charge in [-0.15, -0.1) is 0 Å². The molecule has 0 aromatic heterocycles. The lowest BCUT2D eigenvalue weighted by molar-refractivity contribution is 0.104. The smallest absolute Gasteiger partial charge is 0.185 e. The van der Waals surface area contributed by atoms with Gasteiger partial charge in [0.2, 0.25) is 0 Å². The van der Waals surface area contributed by atoms with Crippen LogP contribution in [-0.4, -0.2) is 5.78 Å². The molecular formula is C15H14N2O. The van der Waals surface area contributed by atoms with Crippen molar-refractivity contribution in [3.05, 3.63) is 65.7 Å². The summed E-state index contributed by atoms with van der Waals surface area (Å²) in [6.07, 6.45) is 3.21. The molecule has 0 saturated carbocycles. The summed E-state index contributed by atoms with van der Waals surface area (Å²) in [6.45, 7) is 0. The SMILES string of the molecule is Nc1ccc(/C=C/C(=O)c2ccccc2)c(N)c1. The van der Waals surface area contributed by atoms with Gasteiger partial charge in [-0.1, -0.05) is 36.4 Å². The number of allylic oxidation sites excluding steroid dienone is 1. The average Bonchev–Trinajstić information content (AvgIpc) is 2.38. The first-order chi connectivity index (χ1) is 8.66. The summed E-state index contributed by atoms with van der Waals surface area (Å²) in [6, 6.07) is 14.3. The third kappa shape index (κ3) is 2.77. The van der Waals surface area contributed by atoms with Crippen LogP contribution in [0.3, 0.4) is 0 Å². The van der Waals surface area contributed by atoms with Crippen molar-refractivity contribution in [1.29, 1.82) is 0 Å². The Kier molecular flexibility index (Phi) is 3.44. The first kappa shape index (κ1) is 11.9. The predicted molar refractivity (Wildman–Crippen MR) is 75.1 cm³/mol. The molecule has 0 atom stereocenters. The molecule has 90 valence electrons. The highest BCUT2D eigenvalue weighted by molar-refractivity contribution is 6.07. The monoisotopic (exact) mass is 238 g/mol. The van der Waals surface area contributed by atoms with Crippen LogP contribution in [-0.2, 0) is 0 Å². The largest absolute Gasteiger partial charge is 0.399 e. The van der Waals surface area contributed by atoms with Crippen molar-refractivity contribution in [1.82, 2.24) is 0 Å². The number of anilines is 2. The molecule has 2 aromatic rings. The van der Waals surface area contributed by atoms with Crippen molar-refractivity contribution in [2.24, 2.45) is 0 Å². The maximum absolute atomic E-state index is 11.8. The molecule has 0 unspecified atom stereocenters. The van der Waals surface area contributed by atoms with E-state index in [1.165, 1.54) is 6.08 Å². The zero-order chi connectivity index (χ0) is 13.0. The van der Waals surface area contributed by atoms with Gasteiger partial charge in [-0.2, -0.15) is 0 Å². The first-order valence-electron chi connectivity index (χ1n) is 5.59. The van der Waals surface area contributed by atoms with Gasteiger partial charge in [-0.05, 0) is 29.8 Å². The van der Waals surface area contributed by atoms with E-state index in [4.69, 9.17) is 11.5 Å². The molecule has 4 N–H and O–H groups in total. The Morgan fingerprint density at radius 2 is 1.72 bits per heavy atom. The molecule has 0 aliphatic rings. The van der Waals surface area contributed by atoms with E-state index < -0.39 is 0 Å². The van der Waals surface area contributed by atoms with Crippen LogP contribution in [0.1, 0.15) is 15.9 Å². The number of hydrogen-bond acceptors (Lipinski definition) is 3. The highest BCUT2D eigenvalue weighted by Crippen LogP contribution is 2.17. The first-order valence-corrected chi connectivity index (χ1v) is 5.59. The summed E-state index contributed by atoms with van der Waals surface area (Å²) in [5.41, 5.74) is 14.0. The van der Waals surface area contributed by atoms with E-state index >= 15 is 0 Å². The Morgan fingerprint density at radius 1 is 1.00 bits per heavy atom. The number of carbonyl (C=O) groups excluding carboxylic acids is 1. The van der Waals surface area contributed by atoms with Crippen molar-refractivity contribution in [2.75, 3.05) is 11.5 Å². The molecule has 0 spiro atoms. The molecule has 0 radical (unpaired) electrons. The summed E-state index contributed by atoms with van der Waals surface area (Å²) in [5, 5.41) is 0. The summed E-state index contributed by atoms with van der Waals surface area (Å²) >= 11 is 0. The Morgan fingerprint density at radius 3 is 2.39 bits per heavy atom. The molecule has 0 aliphatic heterocycles. The molecule has 0 aliphatic carbocycles. The standard InChI is InChI=1S/C15H14N2O/c16-13-8-6-11(14(17)10-13)7-9-15(18)12-4-2-1-3-5-12/h1-10H,16-17H2/b9-7+. The lowest BCUT2D eigenvalue weighted by Gasteiger charge is -2.01. The van der Waals surface area contributed by atoms with Gasteiger partial charge >= 0.3 is 0 Å². The Hall–Kier alpha value is -2.55. The molecular weight excluding hydrogens is 224 g/mol. The summed E-state index contributed by atoms with van der Waals surface area (Å²) < 4.78 is 0. The van der Waals surface area contributed by atoms with Gasteiger partial charge in [-0.25, -0.2) is 0 Å². The minimum atomic E-state index is -0.0492. The van der Waals surface area contributed by atoms with Gasteiger partial charge in [-0.3, -0.25) is 4.79 Å². The van der Waals surface area contributed by atoms with Gasteiger partial charge in [0.1, 0.15) is 0 Å². The third-order valence-electron chi connectivity index (χ3n) is 2.58. The van der Waals surface area contributed by atoms with E-state index in [2.05, 4.69) is 0 Å². The fourth-order valence-electron chi connectivity index (χ4n) is 1.61.